The summed E-state index contributed by atoms with van der Waals surface area (Å²) in [6.07, 6.45) is 0. The van der Waals surface area contributed by atoms with Crippen LogP contribution in [0.3, 0.4) is 0 Å². The molecule has 1 atom stereocenters. The molecule has 1 heterocycles. The Morgan fingerprint density at radius 1 is 1.69 bits per heavy atom. The number of methoxy groups -OCH3 is 1. The van der Waals surface area contributed by atoms with E-state index in [1.165, 1.54) is 0 Å². The molecule has 1 unspecified atom stereocenters. The second kappa shape index (κ2) is 7.56. The van der Waals surface area contributed by atoms with Gasteiger partial charge in [0.15, 0.2) is 0 Å². The maximum absolute atomic E-state index is 11.8. The van der Waals surface area contributed by atoms with E-state index in [0.29, 0.717) is 32.9 Å². The van der Waals surface area contributed by atoms with Crippen molar-refractivity contribution in [2.45, 2.75) is 6.04 Å². The summed E-state index contributed by atoms with van der Waals surface area (Å²) in [7, 11) is 1.62. The van der Waals surface area contributed by atoms with Crippen LogP contribution >= 0.6 is 0 Å². The fourth-order valence-corrected chi connectivity index (χ4v) is 1.61. The van der Waals surface area contributed by atoms with Gasteiger partial charge in [0, 0.05) is 20.2 Å². The van der Waals surface area contributed by atoms with Gasteiger partial charge in [0.05, 0.1) is 39.0 Å². The number of nitrogens with one attached hydrogen (secondary N) is 1. The van der Waals surface area contributed by atoms with Crippen molar-refractivity contribution in [2.24, 2.45) is 0 Å². The number of nitrogens with zero attached hydrogens (tertiary/aromatic N) is 1. The third kappa shape index (κ3) is 4.05. The van der Waals surface area contributed by atoms with E-state index in [9.17, 15) is 4.79 Å². The van der Waals surface area contributed by atoms with Gasteiger partial charge in [-0.2, -0.15) is 0 Å². The van der Waals surface area contributed by atoms with Crippen LogP contribution in [0.15, 0.2) is 0 Å². The van der Waals surface area contributed by atoms with Crippen molar-refractivity contribution in [2.75, 3.05) is 53.2 Å². The van der Waals surface area contributed by atoms with E-state index in [2.05, 4.69) is 5.32 Å². The summed E-state index contributed by atoms with van der Waals surface area (Å²) >= 11 is 0. The summed E-state index contributed by atoms with van der Waals surface area (Å²) in [5, 5.41) is 12.1. The lowest BCUT2D eigenvalue weighted by Gasteiger charge is -2.34. The Morgan fingerprint density at radius 2 is 2.50 bits per heavy atom. The van der Waals surface area contributed by atoms with Crippen LogP contribution in [0.5, 0.6) is 0 Å². The Morgan fingerprint density at radius 3 is 3.19 bits per heavy atom. The SMILES string of the molecule is COCCNCC(=O)N1CCOCC1CO. The number of hydrogen-bond donors (Lipinski definition) is 2. The Hall–Kier alpha value is -0.690. The number of ether oxygens (including phenoxy) is 2. The van der Waals surface area contributed by atoms with Crippen molar-refractivity contribution >= 4 is 5.91 Å². The van der Waals surface area contributed by atoms with Crippen LogP contribution in [0.4, 0.5) is 0 Å². The molecule has 94 valence electrons. The molecule has 0 bridgehead atoms. The van der Waals surface area contributed by atoms with Crippen LogP contribution in [-0.2, 0) is 14.3 Å². The Bertz CT molecular complexity index is 213. The van der Waals surface area contributed by atoms with Gasteiger partial charge < -0.3 is 24.8 Å². The van der Waals surface area contributed by atoms with Crippen LogP contribution in [-0.4, -0.2) is 75.1 Å². The number of carbonyl (C=O) groups excluding carboxylic acids is 1. The van der Waals surface area contributed by atoms with Crippen LogP contribution < -0.4 is 5.32 Å². The molecule has 16 heavy (non-hydrogen) atoms. The molecule has 1 aliphatic rings. The normalized spacial score (nSPS) is 21.1. The molecule has 0 aromatic rings. The molecule has 0 aliphatic carbocycles. The second-order valence-electron chi connectivity index (χ2n) is 3.67. The maximum atomic E-state index is 11.8. The van der Waals surface area contributed by atoms with E-state index in [0.717, 1.165) is 0 Å². The highest BCUT2D eigenvalue weighted by molar-refractivity contribution is 5.78. The molecule has 1 aliphatic heterocycles. The summed E-state index contributed by atoms with van der Waals surface area (Å²) < 4.78 is 10.1. The van der Waals surface area contributed by atoms with Gasteiger partial charge in [-0.15, -0.1) is 0 Å². The summed E-state index contributed by atoms with van der Waals surface area (Å²) in [5.74, 6) is -0.00143. The lowest BCUT2D eigenvalue weighted by molar-refractivity contribution is -0.140. The van der Waals surface area contributed by atoms with E-state index in [4.69, 9.17) is 14.6 Å². The van der Waals surface area contributed by atoms with E-state index in [1.54, 1.807) is 12.0 Å². The minimum atomic E-state index is -0.203. The molecule has 1 saturated heterocycles. The number of rotatable bonds is 6. The summed E-state index contributed by atoms with van der Waals surface area (Å²) in [4.78, 5) is 13.5. The zero-order valence-corrected chi connectivity index (χ0v) is 9.65. The molecular weight excluding hydrogens is 212 g/mol. The molecule has 6 heteroatoms. The van der Waals surface area contributed by atoms with Gasteiger partial charge in [-0.3, -0.25) is 4.79 Å². The van der Waals surface area contributed by atoms with Crippen LogP contribution in [0.25, 0.3) is 0 Å². The Balaban J connectivity index is 2.27. The van der Waals surface area contributed by atoms with Gasteiger partial charge in [-0.05, 0) is 0 Å². The highest BCUT2D eigenvalue weighted by Gasteiger charge is 2.25. The number of aliphatic hydroxyl groups excluding tert-OH is 1. The minimum absolute atomic E-state index is 0.00143. The number of morpholine rings is 1. The van der Waals surface area contributed by atoms with Crippen LogP contribution in [0, 0.1) is 0 Å². The molecule has 2 N–H and O–H groups in total. The van der Waals surface area contributed by atoms with Crippen LogP contribution in [0.2, 0.25) is 0 Å². The Labute approximate surface area is 95.5 Å². The average molecular weight is 232 g/mol. The van der Waals surface area contributed by atoms with Gasteiger partial charge in [-0.1, -0.05) is 0 Å². The van der Waals surface area contributed by atoms with Gasteiger partial charge in [0.1, 0.15) is 0 Å². The van der Waals surface area contributed by atoms with E-state index in [1.807, 2.05) is 0 Å². The molecule has 0 spiro atoms. The molecular formula is C10H20N2O4. The van der Waals surface area contributed by atoms with Crippen molar-refractivity contribution in [1.29, 1.82) is 0 Å². The lowest BCUT2D eigenvalue weighted by Crippen LogP contribution is -2.52. The minimum Gasteiger partial charge on any atom is -0.394 e. The van der Waals surface area contributed by atoms with Gasteiger partial charge in [0.25, 0.3) is 0 Å². The van der Waals surface area contributed by atoms with Crippen molar-refractivity contribution in [3.8, 4) is 0 Å². The quantitative estimate of drug-likeness (QED) is 0.542. The summed E-state index contributed by atoms with van der Waals surface area (Å²) in [6, 6.07) is -0.203. The van der Waals surface area contributed by atoms with Gasteiger partial charge in [-0.25, -0.2) is 0 Å². The first-order valence-electron chi connectivity index (χ1n) is 5.47. The first kappa shape index (κ1) is 13.4. The Kier molecular flexibility index (Phi) is 6.32. The number of amides is 1. The third-order valence-electron chi connectivity index (χ3n) is 2.52. The number of aliphatic hydroxyl groups is 1. The highest BCUT2D eigenvalue weighted by atomic mass is 16.5. The molecule has 6 nitrogen and oxygen atoms in total. The molecule has 1 fully saturated rings. The molecule has 1 amide bonds. The number of carbonyl (C=O) groups is 1. The molecule has 0 aromatic heterocycles. The van der Waals surface area contributed by atoms with Gasteiger partial charge >= 0.3 is 0 Å². The van der Waals surface area contributed by atoms with E-state index in [-0.39, 0.29) is 25.1 Å². The third-order valence-corrected chi connectivity index (χ3v) is 2.52. The topological polar surface area (TPSA) is 71.0 Å². The predicted octanol–water partition coefficient (Wildman–Crippen LogP) is -1.56. The smallest absolute Gasteiger partial charge is 0.237 e. The second-order valence-corrected chi connectivity index (χ2v) is 3.67. The molecule has 0 saturated carbocycles. The predicted molar refractivity (Wildman–Crippen MR) is 58.2 cm³/mol. The van der Waals surface area contributed by atoms with Crippen molar-refractivity contribution < 1.29 is 19.4 Å². The largest absolute Gasteiger partial charge is 0.394 e. The van der Waals surface area contributed by atoms with E-state index < -0.39 is 0 Å². The van der Waals surface area contributed by atoms with Gasteiger partial charge in [0.2, 0.25) is 5.91 Å². The molecule has 1 rings (SSSR count). The van der Waals surface area contributed by atoms with Crippen LogP contribution in [0.1, 0.15) is 0 Å². The first-order chi connectivity index (χ1) is 7.79. The summed E-state index contributed by atoms with van der Waals surface area (Å²) in [6.45, 7) is 2.97. The zero-order chi connectivity index (χ0) is 11.8. The standard InChI is InChI=1S/C10H20N2O4/c1-15-4-2-11-6-10(14)12-3-5-16-8-9(12)7-13/h9,11,13H,2-8H2,1H3. The average Bonchev–Trinajstić information content (AvgIpc) is 2.34. The van der Waals surface area contributed by atoms with Crippen molar-refractivity contribution in [3.05, 3.63) is 0 Å². The van der Waals surface area contributed by atoms with Crippen molar-refractivity contribution in [1.82, 2.24) is 10.2 Å². The maximum Gasteiger partial charge on any atom is 0.237 e. The lowest BCUT2D eigenvalue weighted by atomic mass is 10.2. The molecule has 0 aromatic carbocycles. The first-order valence-corrected chi connectivity index (χ1v) is 5.47. The molecule has 0 radical (unpaired) electrons. The number of hydrogen-bond acceptors (Lipinski definition) is 5. The zero-order valence-electron chi connectivity index (χ0n) is 9.65. The van der Waals surface area contributed by atoms with E-state index >= 15 is 0 Å². The fraction of sp³-hybridized carbons (Fsp3) is 0.900. The highest BCUT2D eigenvalue weighted by Crippen LogP contribution is 2.06. The fourth-order valence-electron chi connectivity index (χ4n) is 1.61. The summed E-state index contributed by atoms with van der Waals surface area (Å²) in [5.41, 5.74) is 0. The monoisotopic (exact) mass is 232 g/mol. The van der Waals surface area contributed by atoms with Crippen molar-refractivity contribution in [3.63, 3.8) is 0 Å².